The number of nitrogens with zero attached hydrogens (tertiary/aromatic N) is 6. The summed E-state index contributed by atoms with van der Waals surface area (Å²) in [5.74, 6) is 1.20. The molecule has 0 aliphatic carbocycles. The minimum atomic E-state index is -0.327. The molecule has 0 bridgehead atoms. The van der Waals surface area contributed by atoms with Crippen LogP contribution in [0.3, 0.4) is 0 Å². The lowest BCUT2D eigenvalue weighted by atomic mass is 9.96. The molecule has 0 radical (unpaired) electrons. The molecule has 29 heavy (non-hydrogen) atoms. The third-order valence-corrected chi connectivity index (χ3v) is 6.09. The highest BCUT2D eigenvalue weighted by Crippen LogP contribution is 2.27. The highest BCUT2D eigenvalue weighted by Gasteiger charge is 2.29. The van der Waals surface area contributed by atoms with E-state index >= 15 is 0 Å². The summed E-state index contributed by atoms with van der Waals surface area (Å²) in [6.45, 7) is 8.16. The van der Waals surface area contributed by atoms with Crippen LogP contribution >= 0.6 is 0 Å². The number of likely N-dealkylation sites (tertiary alicyclic amines) is 1. The summed E-state index contributed by atoms with van der Waals surface area (Å²) in [5.41, 5.74) is 3.02. The van der Waals surface area contributed by atoms with Crippen molar-refractivity contribution in [3.05, 3.63) is 41.2 Å². The number of amides is 2. The highest BCUT2D eigenvalue weighted by atomic mass is 16.2. The van der Waals surface area contributed by atoms with Gasteiger partial charge in [0.2, 0.25) is 11.8 Å². The highest BCUT2D eigenvalue weighted by molar-refractivity contribution is 5.80. The molecule has 4 rings (SSSR count). The Kier molecular flexibility index (Phi) is 5.34. The van der Waals surface area contributed by atoms with E-state index in [1.165, 1.54) is 0 Å². The number of rotatable bonds is 3. The van der Waals surface area contributed by atoms with E-state index in [-0.39, 0.29) is 23.8 Å². The molecule has 1 fully saturated rings. The first kappa shape index (κ1) is 19.5. The summed E-state index contributed by atoms with van der Waals surface area (Å²) < 4.78 is 1.77. The molecule has 0 aromatic carbocycles. The van der Waals surface area contributed by atoms with Crippen molar-refractivity contribution in [3.63, 3.8) is 0 Å². The van der Waals surface area contributed by atoms with Gasteiger partial charge >= 0.3 is 0 Å². The van der Waals surface area contributed by atoms with Gasteiger partial charge in [-0.25, -0.2) is 9.97 Å². The standard InChI is InChI=1S/C21H28N6O2/c1-14-6-8-23-27(14)15(2)21(29)26-10-7-19-18(13-26)11-22-20(24-19)17-5-4-9-25(12-17)16(3)28/h6,8,11,15,17H,4-5,7,9-10,12-13H2,1-3H3. The molecule has 0 saturated carbocycles. The van der Waals surface area contributed by atoms with Crippen LogP contribution in [0.2, 0.25) is 0 Å². The Bertz CT molecular complexity index is 924. The Morgan fingerprint density at radius 3 is 2.79 bits per heavy atom. The quantitative estimate of drug-likeness (QED) is 0.791. The molecule has 2 atom stereocenters. The van der Waals surface area contributed by atoms with Crippen LogP contribution in [-0.2, 0) is 22.6 Å². The van der Waals surface area contributed by atoms with Gasteiger partial charge in [-0.05, 0) is 32.8 Å². The van der Waals surface area contributed by atoms with Crippen LogP contribution in [0, 0.1) is 6.92 Å². The van der Waals surface area contributed by atoms with Gasteiger partial charge in [-0.15, -0.1) is 0 Å². The van der Waals surface area contributed by atoms with Gasteiger partial charge in [0.1, 0.15) is 11.9 Å². The zero-order valence-electron chi connectivity index (χ0n) is 17.3. The molecule has 154 valence electrons. The molecule has 0 spiro atoms. The maximum atomic E-state index is 13.0. The number of fused-ring (bicyclic) bond motifs is 1. The van der Waals surface area contributed by atoms with Gasteiger partial charge in [0.25, 0.3) is 0 Å². The first-order chi connectivity index (χ1) is 13.9. The summed E-state index contributed by atoms with van der Waals surface area (Å²) in [7, 11) is 0. The largest absolute Gasteiger partial charge is 0.342 e. The normalized spacial score (nSPS) is 20.3. The van der Waals surface area contributed by atoms with Gasteiger partial charge < -0.3 is 9.80 Å². The maximum absolute atomic E-state index is 13.0. The number of hydrogen-bond donors (Lipinski definition) is 0. The Morgan fingerprint density at radius 2 is 2.07 bits per heavy atom. The molecule has 8 nitrogen and oxygen atoms in total. The molecule has 2 aliphatic heterocycles. The average molecular weight is 396 g/mol. The van der Waals surface area contributed by atoms with Crippen LogP contribution in [-0.4, -0.2) is 61.0 Å². The zero-order chi connectivity index (χ0) is 20.5. The van der Waals surface area contributed by atoms with Crippen LogP contribution in [0.15, 0.2) is 18.5 Å². The van der Waals surface area contributed by atoms with Crippen molar-refractivity contribution in [3.8, 4) is 0 Å². The summed E-state index contributed by atoms with van der Waals surface area (Å²) in [6, 6.07) is 1.58. The lowest BCUT2D eigenvalue weighted by Gasteiger charge is -2.33. The Balaban J connectivity index is 1.46. The summed E-state index contributed by atoms with van der Waals surface area (Å²) in [5, 5.41) is 4.27. The van der Waals surface area contributed by atoms with Crippen molar-refractivity contribution in [2.24, 2.45) is 0 Å². The minimum absolute atomic E-state index is 0.0657. The number of carbonyl (C=O) groups excluding carboxylic acids is 2. The lowest BCUT2D eigenvalue weighted by Crippen LogP contribution is -2.41. The van der Waals surface area contributed by atoms with Gasteiger partial charge in [0.05, 0.1) is 5.69 Å². The first-order valence-corrected chi connectivity index (χ1v) is 10.3. The van der Waals surface area contributed by atoms with Crippen LogP contribution in [0.4, 0.5) is 0 Å². The fourth-order valence-corrected chi connectivity index (χ4v) is 4.35. The molecule has 8 heteroatoms. The van der Waals surface area contributed by atoms with E-state index in [9.17, 15) is 9.59 Å². The molecule has 2 unspecified atom stereocenters. The SMILES string of the molecule is CC(=O)N1CCCC(c2ncc3c(n2)CCN(C(=O)C(C)n2nccc2C)C3)C1. The molecule has 2 aromatic rings. The smallest absolute Gasteiger partial charge is 0.247 e. The van der Waals surface area contributed by atoms with Crippen molar-refractivity contribution in [1.82, 2.24) is 29.5 Å². The lowest BCUT2D eigenvalue weighted by molar-refractivity contribution is -0.135. The second-order valence-electron chi connectivity index (χ2n) is 8.11. The average Bonchev–Trinajstić information content (AvgIpc) is 3.17. The molecule has 4 heterocycles. The third-order valence-electron chi connectivity index (χ3n) is 6.09. The van der Waals surface area contributed by atoms with Crippen molar-refractivity contribution in [1.29, 1.82) is 0 Å². The van der Waals surface area contributed by atoms with Crippen molar-refractivity contribution < 1.29 is 9.59 Å². The number of aryl methyl sites for hydroxylation is 1. The minimum Gasteiger partial charge on any atom is -0.342 e. The van der Waals surface area contributed by atoms with Gasteiger partial charge in [-0.3, -0.25) is 14.3 Å². The first-order valence-electron chi connectivity index (χ1n) is 10.3. The molecule has 2 aromatic heterocycles. The van der Waals surface area contributed by atoms with Gasteiger partial charge in [-0.1, -0.05) is 0 Å². The van der Waals surface area contributed by atoms with E-state index in [1.54, 1.807) is 17.8 Å². The van der Waals surface area contributed by atoms with Crippen LogP contribution in [0.1, 0.15) is 61.4 Å². The topological polar surface area (TPSA) is 84.2 Å². The molecule has 1 saturated heterocycles. The molecular weight excluding hydrogens is 368 g/mol. The number of carbonyl (C=O) groups is 2. The fraction of sp³-hybridized carbons (Fsp3) is 0.571. The summed E-state index contributed by atoms with van der Waals surface area (Å²) in [6.07, 6.45) is 6.31. The number of hydrogen-bond acceptors (Lipinski definition) is 5. The summed E-state index contributed by atoms with van der Waals surface area (Å²) >= 11 is 0. The molecule has 2 aliphatic rings. The van der Waals surface area contributed by atoms with E-state index < -0.39 is 0 Å². The van der Waals surface area contributed by atoms with Gasteiger partial charge in [-0.2, -0.15) is 5.10 Å². The van der Waals surface area contributed by atoms with Crippen LogP contribution in [0.25, 0.3) is 0 Å². The van der Waals surface area contributed by atoms with E-state index in [1.807, 2.05) is 35.9 Å². The third kappa shape index (κ3) is 3.88. The molecular formula is C21H28N6O2. The molecule has 0 N–H and O–H groups in total. The summed E-state index contributed by atoms with van der Waals surface area (Å²) in [4.78, 5) is 37.9. The van der Waals surface area contributed by atoms with Gasteiger partial charge in [0.15, 0.2) is 0 Å². The van der Waals surface area contributed by atoms with E-state index in [4.69, 9.17) is 4.98 Å². The van der Waals surface area contributed by atoms with Crippen LogP contribution in [0.5, 0.6) is 0 Å². The zero-order valence-corrected chi connectivity index (χ0v) is 17.3. The van der Waals surface area contributed by atoms with Crippen molar-refractivity contribution in [2.75, 3.05) is 19.6 Å². The Morgan fingerprint density at radius 1 is 1.24 bits per heavy atom. The van der Waals surface area contributed by atoms with E-state index in [0.717, 1.165) is 48.6 Å². The second kappa shape index (κ2) is 7.93. The van der Waals surface area contributed by atoms with Crippen molar-refractivity contribution in [2.45, 2.75) is 58.5 Å². The van der Waals surface area contributed by atoms with Gasteiger partial charge in [0, 0.05) is 69.1 Å². The number of aromatic nitrogens is 4. The Hall–Kier alpha value is -2.77. The second-order valence-corrected chi connectivity index (χ2v) is 8.11. The molecule has 2 amide bonds. The van der Waals surface area contributed by atoms with Crippen LogP contribution < -0.4 is 0 Å². The monoisotopic (exact) mass is 396 g/mol. The maximum Gasteiger partial charge on any atom is 0.247 e. The fourth-order valence-electron chi connectivity index (χ4n) is 4.35. The number of piperidine rings is 1. The van der Waals surface area contributed by atoms with E-state index in [0.29, 0.717) is 19.6 Å². The predicted molar refractivity (Wildman–Crippen MR) is 107 cm³/mol. The predicted octanol–water partition coefficient (Wildman–Crippen LogP) is 1.85. The van der Waals surface area contributed by atoms with E-state index in [2.05, 4.69) is 10.1 Å². The van der Waals surface area contributed by atoms with Crippen molar-refractivity contribution >= 4 is 11.8 Å². The Labute approximate surface area is 170 Å².